The molecule has 1 N–H and O–H groups in total. The van der Waals surface area contributed by atoms with Crippen LogP contribution < -0.4 is 5.32 Å². The van der Waals surface area contributed by atoms with Gasteiger partial charge < -0.3 is 14.6 Å². The van der Waals surface area contributed by atoms with E-state index in [9.17, 15) is 0 Å². The Labute approximate surface area is 194 Å². The predicted octanol–water partition coefficient (Wildman–Crippen LogP) is 4.75. The molecular weight excluding hydrogens is 430 g/mol. The first-order chi connectivity index (χ1) is 15.8. The number of fused-ring (bicyclic) bond motifs is 1. The normalized spacial score (nSPS) is 11.6. The Kier molecular flexibility index (Phi) is 6.58. The lowest BCUT2D eigenvalue weighted by molar-refractivity contribution is 0.0899. The minimum absolute atomic E-state index is 0.271. The molecule has 0 amide bonds. The molecule has 9 heteroatoms. The van der Waals surface area contributed by atoms with Gasteiger partial charge >= 0.3 is 0 Å². The lowest BCUT2D eigenvalue weighted by Gasteiger charge is -2.15. The van der Waals surface area contributed by atoms with E-state index in [2.05, 4.69) is 42.3 Å². The number of rotatable bonds is 9. The Bertz CT molecular complexity index is 1280. The van der Waals surface area contributed by atoms with Crippen molar-refractivity contribution in [3.8, 4) is 28.5 Å². The first-order valence-corrected chi connectivity index (χ1v) is 14.7. The topological polar surface area (TPSA) is 93.6 Å². The van der Waals surface area contributed by atoms with E-state index in [1.54, 1.807) is 17.1 Å². The molecule has 1 aromatic carbocycles. The monoisotopic (exact) mass is 459 g/mol. The summed E-state index contributed by atoms with van der Waals surface area (Å²) in [6.07, 6.45) is 7.57. The van der Waals surface area contributed by atoms with Gasteiger partial charge in [0.25, 0.3) is 0 Å². The average molecular weight is 460 g/mol. The van der Waals surface area contributed by atoms with Crippen LogP contribution in [0.2, 0.25) is 25.7 Å². The van der Waals surface area contributed by atoms with Gasteiger partial charge in [0.1, 0.15) is 18.8 Å². The number of aromatic nitrogens is 5. The number of nitrogens with zero attached hydrogens (tertiary/aromatic N) is 6. The standard InChI is InChI=1S/C24H29N7OSi/c1-30-15-19(13-28-30)22-14-27-24-23(29-22)21(16-31(24)17-32-11-12-33(2,3)4)18-5-7-20(8-6-18)26-10-9-25/h5-8,13-16,26H,10-12,17H2,1-4H3. The highest BCUT2D eigenvalue weighted by Gasteiger charge is 2.16. The Hall–Kier alpha value is -3.48. The third kappa shape index (κ3) is 5.48. The average Bonchev–Trinajstić information content (AvgIpc) is 3.38. The van der Waals surface area contributed by atoms with Crippen molar-refractivity contribution in [1.29, 1.82) is 5.26 Å². The van der Waals surface area contributed by atoms with Crippen LogP contribution in [0, 0.1) is 11.3 Å². The Morgan fingerprint density at radius 1 is 1.09 bits per heavy atom. The maximum absolute atomic E-state index is 8.79. The molecule has 8 nitrogen and oxygen atoms in total. The van der Waals surface area contributed by atoms with Gasteiger partial charge in [-0.1, -0.05) is 31.8 Å². The second-order valence-electron chi connectivity index (χ2n) is 9.28. The maximum atomic E-state index is 8.79. The van der Waals surface area contributed by atoms with Crippen LogP contribution in [0.4, 0.5) is 5.69 Å². The van der Waals surface area contributed by atoms with E-state index in [1.165, 1.54) is 0 Å². The minimum atomic E-state index is -1.15. The second-order valence-corrected chi connectivity index (χ2v) is 14.9. The molecule has 0 radical (unpaired) electrons. The van der Waals surface area contributed by atoms with Crippen molar-refractivity contribution in [1.82, 2.24) is 24.3 Å². The number of ether oxygens (including phenoxy) is 1. The number of benzene rings is 1. The van der Waals surface area contributed by atoms with Crippen molar-refractivity contribution < 1.29 is 4.74 Å². The Morgan fingerprint density at radius 2 is 1.88 bits per heavy atom. The van der Waals surface area contributed by atoms with Crippen molar-refractivity contribution in [3.63, 3.8) is 0 Å². The molecule has 0 saturated carbocycles. The van der Waals surface area contributed by atoms with E-state index < -0.39 is 8.07 Å². The van der Waals surface area contributed by atoms with Crippen LogP contribution in [0.25, 0.3) is 33.5 Å². The first-order valence-electron chi connectivity index (χ1n) is 11.0. The highest BCUT2D eigenvalue weighted by molar-refractivity contribution is 6.76. The molecule has 0 fully saturated rings. The van der Waals surface area contributed by atoms with Crippen LogP contribution in [0.5, 0.6) is 0 Å². The third-order valence-electron chi connectivity index (χ3n) is 5.36. The van der Waals surface area contributed by atoms with Gasteiger partial charge in [0.2, 0.25) is 0 Å². The summed E-state index contributed by atoms with van der Waals surface area (Å²) in [5.41, 5.74) is 6.24. The van der Waals surface area contributed by atoms with Crippen molar-refractivity contribution in [3.05, 3.63) is 49.1 Å². The number of anilines is 1. The van der Waals surface area contributed by atoms with E-state index in [0.29, 0.717) is 6.73 Å². The molecule has 0 atom stereocenters. The summed E-state index contributed by atoms with van der Waals surface area (Å²) in [5.74, 6) is 0. The van der Waals surface area contributed by atoms with Gasteiger partial charge in [0, 0.05) is 50.9 Å². The number of hydrogen-bond acceptors (Lipinski definition) is 6. The van der Waals surface area contributed by atoms with Gasteiger partial charge in [-0.3, -0.25) is 4.68 Å². The molecule has 0 unspecified atom stereocenters. The lowest BCUT2D eigenvalue weighted by atomic mass is 10.1. The van der Waals surface area contributed by atoms with Gasteiger partial charge in [0.15, 0.2) is 5.65 Å². The Balaban J connectivity index is 1.69. The zero-order valence-electron chi connectivity index (χ0n) is 19.5. The van der Waals surface area contributed by atoms with E-state index in [0.717, 1.165) is 51.9 Å². The van der Waals surface area contributed by atoms with Crippen LogP contribution in [0.15, 0.2) is 49.1 Å². The molecule has 170 valence electrons. The van der Waals surface area contributed by atoms with Crippen LogP contribution in [0.3, 0.4) is 0 Å². The van der Waals surface area contributed by atoms with Gasteiger partial charge in [-0.15, -0.1) is 0 Å². The first kappa shape index (κ1) is 22.7. The largest absolute Gasteiger partial charge is 0.372 e. The summed E-state index contributed by atoms with van der Waals surface area (Å²) in [4.78, 5) is 9.69. The van der Waals surface area contributed by atoms with Crippen LogP contribution in [0.1, 0.15) is 0 Å². The quantitative estimate of drug-likeness (QED) is 0.221. The highest BCUT2D eigenvalue weighted by atomic mass is 28.3. The van der Waals surface area contributed by atoms with E-state index in [1.807, 2.05) is 42.1 Å². The fourth-order valence-electron chi connectivity index (χ4n) is 3.50. The van der Waals surface area contributed by atoms with Crippen LogP contribution in [-0.2, 0) is 18.5 Å². The van der Waals surface area contributed by atoms with Gasteiger partial charge in [-0.2, -0.15) is 10.4 Å². The molecule has 3 aromatic heterocycles. The summed E-state index contributed by atoms with van der Waals surface area (Å²) in [6, 6.07) is 11.2. The van der Waals surface area contributed by atoms with E-state index in [-0.39, 0.29) is 6.54 Å². The predicted molar refractivity (Wildman–Crippen MR) is 133 cm³/mol. The molecule has 3 heterocycles. The van der Waals surface area contributed by atoms with Gasteiger partial charge in [-0.25, -0.2) is 9.97 Å². The fourth-order valence-corrected chi connectivity index (χ4v) is 4.26. The number of nitriles is 1. The summed E-state index contributed by atoms with van der Waals surface area (Å²) in [7, 11) is 0.735. The zero-order valence-corrected chi connectivity index (χ0v) is 20.5. The maximum Gasteiger partial charge on any atom is 0.161 e. The number of hydrogen-bond donors (Lipinski definition) is 1. The second kappa shape index (κ2) is 9.56. The molecule has 4 rings (SSSR count). The van der Waals surface area contributed by atoms with E-state index >= 15 is 0 Å². The molecule has 0 saturated heterocycles. The van der Waals surface area contributed by atoms with Crippen molar-refractivity contribution in [2.75, 3.05) is 18.5 Å². The van der Waals surface area contributed by atoms with Crippen molar-refractivity contribution >= 4 is 24.9 Å². The van der Waals surface area contributed by atoms with Gasteiger partial charge in [0.05, 0.1) is 24.2 Å². The lowest BCUT2D eigenvalue weighted by Crippen LogP contribution is -2.22. The minimum Gasteiger partial charge on any atom is -0.372 e. The molecule has 33 heavy (non-hydrogen) atoms. The zero-order chi connectivity index (χ0) is 23.4. The van der Waals surface area contributed by atoms with Crippen molar-refractivity contribution in [2.24, 2.45) is 7.05 Å². The Morgan fingerprint density at radius 3 is 2.55 bits per heavy atom. The number of nitrogens with one attached hydrogen (secondary N) is 1. The molecule has 0 aliphatic carbocycles. The fraction of sp³-hybridized carbons (Fsp3) is 0.333. The molecule has 0 spiro atoms. The van der Waals surface area contributed by atoms with E-state index in [4.69, 9.17) is 20.0 Å². The summed E-state index contributed by atoms with van der Waals surface area (Å²) >= 11 is 0. The molecule has 4 aromatic rings. The third-order valence-corrected chi connectivity index (χ3v) is 7.06. The SMILES string of the molecule is Cn1cc(-c2cnc3c(n2)c(-c2ccc(NCC#N)cc2)cn3COCC[Si](C)(C)C)cn1. The molecule has 0 bridgehead atoms. The van der Waals surface area contributed by atoms with Crippen LogP contribution >= 0.6 is 0 Å². The molecular formula is C24H29N7OSi. The molecule has 0 aliphatic heterocycles. The van der Waals surface area contributed by atoms with Gasteiger partial charge in [-0.05, 0) is 23.7 Å². The highest BCUT2D eigenvalue weighted by Crippen LogP contribution is 2.31. The smallest absolute Gasteiger partial charge is 0.161 e. The summed E-state index contributed by atoms with van der Waals surface area (Å²) in [6.45, 7) is 8.49. The number of aryl methyl sites for hydroxylation is 1. The summed E-state index contributed by atoms with van der Waals surface area (Å²) in [5, 5.41) is 16.1. The van der Waals surface area contributed by atoms with Crippen molar-refractivity contribution in [2.45, 2.75) is 32.4 Å². The summed E-state index contributed by atoms with van der Waals surface area (Å²) < 4.78 is 9.79. The molecule has 0 aliphatic rings. The van der Waals surface area contributed by atoms with Crippen LogP contribution in [-0.4, -0.2) is 45.5 Å².